The van der Waals surface area contributed by atoms with E-state index in [0.717, 1.165) is 0 Å². The molecule has 0 aromatic carbocycles. The third-order valence-electron chi connectivity index (χ3n) is 2.79. The van der Waals surface area contributed by atoms with E-state index in [1.165, 1.54) is 6.07 Å². The van der Waals surface area contributed by atoms with Crippen molar-refractivity contribution >= 4 is 27.3 Å². The van der Waals surface area contributed by atoms with Gasteiger partial charge in [-0.25, -0.2) is 13.4 Å². The van der Waals surface area contributed by atoms with Crippen LogP contribution < -0.4 is 4.90 Å². The fourth-order valence-corrected chi connectivity index (χ4v) is 3.35. The lowest BCUT2D eigenvalue weighted by Crippen LogP contribution is -2.27. The molecular formula is C11H12ClN3O2S. The van der Waals surface area contributed by atoms with Crippen LogP contribution in [0.25, 0.3) is 0 Å². The smallest absolute Gasteiger partial charge is 0.152 e. The number of nitrogens with zero attached hydrogens (tertiary/aromatic N) is 3. The average molecular weight is 286 g/mol. The minimum absolute atomic E-state index is 0.114. The summed E-state index contributed by atoms with van der Waals surface area (Å²) in [5.74, 6) is 0.884. The fourth-order valence-electron chi connectivity index (χ4n) is 1.88. The standard InChI is InChI=1S/C11H12ClN3O2S/c12-10-6-9(8-13)7-11(14-10)15-2-1-4-18(16,17)5-3-15/h6-7H,1-5H2. The Bertz CT molecular complexity index is 595. The minimum atomic E-state index is -2.95. The van der Waals surface area contributed by atoms with E-state index in [0.29, 0.717) is 30.9 Å². The molecule has 1 aliphatic rings. The highest BCUT2D eigenvalue weighted by Crippen LogP contribution is 2.19. The first-order valence-corrected chi connectivity index (χ1v) is 7.73. The van der Waals surface area contributed by atoms with Gasteiger partial charge in [-0.15, -0.1) is 0 Å². The third kappa shape index (κ3) is 3.12. The van der Waals surface area contributed by atoms with Crippen LogP contribution in [0.15, 0.2) is 12.1 Å². The second-order valence-electron chi connectivity index (χ2n) is 4.14. The van der Waals surface area contributed by atoms with E-state index < -0.39 is 9.84 Å². The first kappa shape index (κ1) is 13.1. The molecule has 7 heteroatoms. The topological polar surface area (TPSA) is 74.1 Å². The molecule has 1 aromatic rings. The summed E-state index contributed by atoms with van der Waals surface area (Å²) in [6.07, 6.45) is 0.568. The van der Waals surface area contributed by atoms with Gasteiger partial charge < -0.3 is 4.90 Å². The van der Waals surface area contributed by atoms with E-state index in [1.54, 1.807) is 6.07 Å². The molecule has 0 unspecified atom stereocenters. The zero-order valence-corrected chi connectivity index (χ0v) is 11.2. The number of hydrogen-bond acceptors (Lipinski definition) is 5. The Morgan fingerprint density at radius 2 is 2.11 bits per heavy atom. The van der Waals surface area contributed by atoms with Crippen molar-refractivity contribution in [2.75, 3.05) is 29.5 Å². The van der Waals surface area contributed by atoms with Gasteiger partial charge in [-0.05, 0) is 18.6 Å². The molecule has 2 heterocycles. The number of pyridine rings is 1. The lowest BCUT2D eigenvalue weighted by Gasteiger charge is -2.20. The molecule has 18 heavy (non-hydrogen) atoms. The molecule has 1 aromatic heterocycles. The molecule has 0 bridgehead atoms. The van der Waals surface area contributed by atoms with Crippen molar-refractivity contribution in [1.82, 2.24) is 4.98 Å². The van der Waals surface area contributed by atoms with Crippen LogP contribution in [-0.2, 0) is 9.84 Å². The quantitative estimate of drug-likeness (QED) is 0.726. The zero-order chi connectivity index (χ0) is 13.2. The van der Waals surface area contributed by atoms with Crippen LogP contribution in [0, 0.1) is 11.3 Å². The van der Waals surface area contributed by atoms with Crippen LogP contribution >= 0.6 is 11.6 Å². The largest absolute Gasteiger partial charge is 0.355 e. The first-order chi connectivity index (χ1) is 8.50. The summed E-state index contributed by atoms with van der Waals surface area (Å²) < 4.78 is 23.0. The Morgan fingerprint density at radius 3 is 2.83 bits per heavy atom. The van der Waals surface area contributed by atoms with E-state index in [-0.39, 0.29) is 16.7 Å². The highest BCUT2D eigenvalue weighted by atomic mass is 35.5. The van der Waals surface area contributed by atoms with Crippen molar-refractivity contribution in [2.24, 2.45) is 0 Å². The van der Waals surface area contributed by atoms with E-state index in [1.807, 2.05) is 11.0 Å². The van der Waals surface area contributed by atoms with Gasteiger partial charge in [0.15, 0.2) is 9.84 Å². The van der Waals surface area contributed by atoms with Crippen LogP contribution in [0.4, 0.5) is 5.82 Å². The molecule has 5 nitrogen and oxygen atoms in total. The molecule has 1 aliphatic heterocycles. The van der Waals surface area contributed by atoms with Gasteiger partial charge in [0.1, 0.15) is 11.0 Å². The number of rotatable bonds is 1. The number of nitriles is 1. The summed E-state index contributed by atoms with van der Waals surface area (Å²) in [5, 5.41) is 9.12. The summed E-state index contributed by atoms with van der Waals surface area (Å²) in [7, 11) is -2.95. The predicted octanol–water partition coefficient (Wildman–Crippen LogP) is 1.23. The van der Waals surface area contributed by atoms with E-state index in [2.05, 4.69) is 4.98 Å². The van der Waals surface area contributed by atoms with E-state index in [9.17, 15) is 8.42 Å². The maximum atomic E-state index is 11.5. The molecule has 1 saturated heterocycles. The molecule has 0 N–H and O–H groups in total. The second kappa shape index (κ2) is 5.12. The minimum Gasteiger partial charge on any atom is -0.355 e. The van der Waals surface area contributed by atoms with Gasteiger partial charge in [0, 0.05) is 13.1 Å². The summed E-state index contributed by atoms with van der Waals surface area (Å²) in [6, 6.07) is 5.12. The molecule has 2 rings (SSSR count). The molecule has 1 fully saturated rings. The zero-order valence-electron chi connectivity index (χ0n) is 9.63. The highest BCUT2D eigenvalue weighted by molar-refractivity contribution is 7.91. The van der Waals surface area contributed by atoms with Crippen molar-refractivity contribution in [3.8, 4) is 6.07 Å². The van der Waals surface area contributed by atoms with Crippen molar-refractivity contribution in [1.29, 1.82) is 5.26 Å². The van der Waals surface area contributed by atoms with Crippen LogP contribution in [0.5, 0.6) is 0 Å². The Hall–Kier alpha value is -1.32. The van der Waals surface area contributed by atoms with Gasteiger partial charge in [0.05, 0.1) is 23.1 Å². The average Bonchev–Trinajstić information content (AvgIpc) is 2.49. The second-order valence-corrected chi connectivity index (χ2v) is 6.83. The van der Waals surface area contributed by atoms with Gasteiger partial charge in [-0.1, -0.05) is 11.6 Å². The fraction of sp³-hybridized carbons (Fsp3) is 0.455. The van der Waals surface area contributed by atoms with Crippen molar-refractivity contribution in [2.45, 2.75) is 6.42 Å². The Labute approximate surface area is 111 Å². The first-order valence-electron chi connectivity index (χ1n) is 5.53. The summed E-state index contributed by atoms with van der Waals surface area (Å²) in [4.78, 5) is 6.00. The van der Waals surface area contributed by atoms with Crippen molar-refractivity contribution < 1.29 is 8.42 Å². The molecule has 0 aliphatic carbocycles. The summed E-state index contributed by atoms with van der Waals surface area (Å²) in [5.41, 5.74) is 0.428. The third-order valence-corrected chi connectivity index (χ3v) is 4.70. The molecule has 96 valence electrons. The number of hydrogen-bond donors (Lipinski definition) is 0. The Kier molecular flexibility index (Phi) is 3.73. The van der Waals surface area contributed by atoms with Crippen LogP contribution in [0.3, 0.4) is 0 Å². The maximum absolute atomic E-state index is 11.5. The molecular weight excluding hydrogens is 274 g/mol. The number of aromatic nitrogens is 1. The molecule has 0 saturated carbocycles. The van der Waals surface area contributed by atoms with E-state index >= 15 is 0 Å². The van der Waals surface area contributed by atoms with Gasteiger partial charge >= 0.3 is 0 Å². The van der Waals surface area contributed by atoms with Gasteiger partial charge in [0.2, 0.25) is 0 Å². The molecule has 0 radical (unpaired) electrons. The molecule has 0 spiro atoms. The number of anilines is 1. The monoisotopic (exact) mass is 285 g/mol. The van der Waals surface area contributed by atoms with Crippen LogP contribution in [0.1, 0.15) is 12.0 Å². The predicted molar refractivity (Wildman–Crippen MR) is 69.4 cm³/mol. The van der Waals surface area contributed by atoms with E-state index in [4.69, 9.17) is 16.9 Å². The normalized spacial score (nSPS) is 19.0. The van der Waals surface area contributed by atoms with Gasteiger partial charge in [-0.2, -0.15) is 5.26 Å². The molecule has 0 amide bonds. The van der Waals surface area contributed by atoms with Crippen molar-refractivity contribution in [3.63, 3.8) is 0 Å². The lowest BCUT2D eigenvalue weighted by molar-refractivity contribution is 0.597. The highest BCUT2D eigenvalue weighted by Gasteiger charge is 2.20. The number of halogens is 1. The lowest BCUT2D eigenvalue weighted by atomic mass is 10.2. The van der Waals surface area contributed by atoms with Gasteiger partial charge in [-0.3, -0.25) is 0 Å². The van der Waals surface area contributed by atoms with Crippen LogP contribution in [-0.4, -0.2) is 38.0 Å². The Balaban J connectivity index is 2.27. The summed E-state index contributed by atoms with van der Waals surface area (Å²) >= 11 is 5.84. The number of sulfone groups is 1. The van der Waals surface area contributed by atoms with Crippen molar-refractivity contribution in [3.05, 3.63) is 22.8 Å². The van der Waals surface area contributed by atoms with Crippen LogP contribution in [0.2, 0.25) is 5.15 Å². The summed E-state index contributed by atoms with van der Waals surface area (Å²) in [6.45, 7) is 0.998. The Morgan fingerprint density at radius 1 is 1.33 bits per heavy atom. The SMILES string of the molecule is N#Cc1cc(Cl)nc(N2CCCS(=O)(=O)CC2)c1. The molecule has 0 atom stereocenters. The maximum Gasteiger partial charge on any atom is 0.152 e. The van der Waals surface area contributed by atoms with Gasteiger partial charge in [0.25, 0.3) is 0 Å².